The molecular weight excluding hydrogens is 236 g/mol. The summed E-state index contributed by atoms with van der Waals surface area (Å²) < 4.78 is 16.1. The van der Waals surface area contributed by atoms with Gasteiger partial charge < -0.3 is 19.0 Å². The molecule has 104 valence electrons. The quantitative estimate of drug-likeness (QED) is 0.413. The van der Waals surface area contributed by atoms with Crippen molar-refractivity contribution < 1.29 is 23.8 Å². The minimum Gasteiger partial charge on any atom is -0.466 e. The summed E-state index contributed by atoms with van der Waals surface area (Å²) in [6.07, 6.45) is 2.33. The molecule has 0 aliphatic carbocycles. The van der Waals surface area contributed by atoms with Crippen LogP contribution < -0.4 is 0 Å². The van der Waals surface area contributed by atoms with Gasteiger partial charge in [-0.1, -0.05) is 13.3 Å². The molecule has 2 atom stereocenters. The third-order valence-corrected chi connectivity index (χ3v) is 2.69. The minimum absolute atomic E-state index is 0.168. The maximum Gasteiger partial charge on any atom is 0.308 e. The highest BCUT2D eigenvalue weighted by molar-refractivity contribution is 5.70. The summed E-state index contributed by atoms with van der Waals surface area (Å²) in [5.41, 5.74) is 0. The van der Waals surface area contributed by atoms with E-state index in [-0.39, 0.29) is 18.5 Å². The van der Waals surface area contributed by atoms with E-state index in [0.717, 1.165) is 19.1 Å². The Kier molecular flexibility index (Phi) is 5.75. The highest BCUT2D eigenvalue weighted by atomic mass is 16.7. The van der Waals surface area contributed by atoms with Crippen LogP contribution in [0.1, 0.15) is 46.5 Å². The predicted molar refractivity (Wildman–Crippen MR) is 65.0 cm³/mol. The zero-order valence-corrected chi connectivity index (χ0v) is 11.3. The van der Waals surface area contributed by atoms with Gasteiger partial charge in [-0.15, -0.1) is 0 Å². The van der Waals surface area contributed by atoms with E-state index in [9.17, 15) is 9.59 Å². The van der Waals surface area contributed by atoms with Crippen LogP contribution in [-0.2, 0) is 23.8 Å². The van der Waals surface area contributed by atoms with Crippen molar-refractivity contribution in [3.63, 3.8) is 0 Å². The second-order valence-corrected chi connectivity index (χ2v) is 4.95. The van der Waals surface area contributed by atoms with Gasteiger partial charge in [-0.25, -0.2) is 0 Å². The zero-order chi connectivity index (χ0) is 13.6. The molecule has 0 aromatic heterocycles. The molecule has 1 aliphatic rings. The fourth-order valence-electron chi connectivity index (χ4n) is 1.93. The van der Waals surface area contributed by atoms with E-state index < -0.39 is 11.9 Å². The van der Waals surface area contributed by atoms with E-state index in [4.69, 9.17) is 14.2 Å². The fourth-order valence-corrected chi connectivity index (χ4v) is 1.93. The molecule has 0 amide bonds. The first-order valence-corrected chi connectivity index (χ1v) is 6.43. The number of ether oxygens (including phenoxy) is 3. The third-order valence-electron chi connectivity index (χ3n) is 2.69. The van der Waals surface area contributed by atoms with Crippen LogP contribution in [0.2, 0.25) is 0 Å². The van der Waals surface area contributed by atoms with Gasteiger partial charge in [-0.2, -0.15) is 0 Å². The van der Waals surface area contributed by atoms with Gasteiger partial charge in [0.25, 0.3) is 0 Å². The third kappa shape index (κ3) is 5.14. The van der Waals surface area contributed by atoms with E-state index >= 15 is 0 Å². The second-order valence-electron chi connectivity index (χ2n) is 4.95. The van der Waals surface area contributed by atoms with Gasteiger partial charge in [0.05, 0.1) is 19.1 Å². The molecule has 0 aromatic carbocycles. The van der Waals surface area contributed by atoms with Gasteiger partial charge in [0, 0.05) is 6.42 Å². The minimum atomic E-state index is -0.835. The van der Waals surface area contributed by atoms with Gasteiger partial charge in [-0.3, -0.25) is 4.79 Å². The number of rotatable bonds is 6. The number of carbonyl (C=O) groups is 2. The topological polar surface area (TPSA) is 61.8 Å². The molecular formula is C13H22O5. The van der Waals surface area contributed by atoms with Crippen molar-refractivity contribution in [2.75, 3.05) is 6.61 Å². The Morgan fingerprint density at radius 2 is 2.17 bits per heavy atom. The van der Waals surface area contributed by atoms with E-state index in [1.165, 1.54) is 0 Å². The smallest absolute Gasteiger partial charge is 0.308 e. The number of aldehydes is 1. The largest absolute Gasteiger partial charge is 0.466 e. The molecule has 0 radical (unpaired) electrons. The van der Waals surface area contributed by atoms with Crippen LogP contribution in [0.15, 0.2) is 0 Å². The lowest BCUT2D eigenvalue weighted by Crippen LogP contribution is -2.45. The molecule has 1 aliphatic heterocycles. The normalized spacial score (nSPS) is 26.6. The molecule has 0 saturated carbocycles. The lowest BCUT2D eigenvalue weighted by atomic mass is 10.1. The van der Waals surface area contributed by atoms with Crippen LogP contribution in [0.4, 0.5) is 0 Å². The van der Waals surface area contributed by atoms with Crippen molar-refractivity contribution >= 4 is 12.3 Å². The Morgan fingerprint density at radius 3 is 2.78 bits per heavy atom. The fraction of sp³-hybridized carbons (Fsp3) is 0.846. The summed E-state index contributed by atoms with van der Waals surface area (Å²) in [5.74, 6) is -1.12. The number of hydrogen-bond acceptors (Lipinski definition) is 5. The Balaban J connectivity index is 2.40. The lowest BCUT2D eigenvalue weighted by molar-refractivity contribution is -0.291. The SMILES string of the molecule is CCCCOC(=O)C[C@H]1CC(C=O)OC(C)(C)O1. The number of hydrogen-bond donors (Lipinski definition) is 0. The average Bonchev–Trinajstić information content (AvgIpc) is 2.27. The molecule has 1 heterocycles. The van der Waals surface area contributed by atoms with Gasteiger partial charge >= 0.3 is 5.97 Å². The first-order valence-electron chi connectivity index (χ1n) is 6.43. The molecule has 1 saturated heterocycles. The monoisotopic (exact) mass is 258 g/mol. The summed E-state index contributed by atoms with van der Waals surface area (Å²) in [6.45, 7) is 5.95. The van der Waals surface area contributed by atoms with Gasteiger partial charge in [0.1, 0.15) is 12.4 Å². The van der Waals surface area contributed by atoms with Gasteiger partial charge in [0.2, 0.25) is 0 Å². The maximum absolute atomic E-state index is 11.6. The van der Waals surface area contributed by atoms with Crippen molar-refractivity contribution in [3.05, 3.63) is 0 Å². The van der Waals surface area contributed by atoms with E-state index in [1.807, 2.05) is 6.92 Å². The average molecular weight is 258 g/mol. The molecule has 5 nitrogen and oxygen atoms in total. The van der Waals surface area contributed by atoms with E-state index in [1.54, 1.807) is 13.8 Å². The van der Waals surface area contributed by atoms with Crippen LogP contribution in [0.25, 0.3) is 0 Å². The second kappa shape index (κ2) is 6.85. The van der Waals surface area contributed by atoms with Gasteiger partial charge in [0.15, 0.2) is 5.79 Å². The van der Waals surface area contributed by atoms with E-state index in [2.05, 4.69) is 0 Å². The predicted octanol–water partition coefficient (Wildman–Crippen LogP) is 1.83. The summed E-state index contributed by atoms with van der Waals surface area (Å²) in [6, 6.07) is 0. The molecule has 18 heavy (non-hydrogen) atoms. The van der Waals surface area contributed by atoms with E-state index in [0.29, 0.717) is 13.0 Å². The Morgan fingerprint density at radius 1 is 1.44 bits per heavy atom. The van der Waals surface area contributed by atoms with Crippen molar-refractivity contribution in [1.82, 2.24) is 0 Å². The van der Waals surface area contributed by atoms with Gasteiger partial charge in [-0.05, 0) is 20.3 Å². The van der Waals surface area contributed by atoms with Crippen molar-refractivity contribution in [1.29, 1.82) is 0 Å². The number of unbranched alkanes of at least 4 members (excludes halogenated alkanes) is 1. The van der Waals surface area contributed by atoms with Crippen molar-refractivity contribution in [3.8, 4) is 0 Å². The summed E-state index contributed by atoms with van der Waals surface area (Å²) in [4.78, 5) is 22.4. The number of carbonyl (C=O) groups excluding carboxylic acids is 2. The maximum atomic E-state index is 11.6. The number of esters is 1. The van der Waals surface area contributed by atoms with Crippen LogP contribution in [0, 0.1) is 0 Å². The Bertz CT molecular complexity index is 287. The molecule has 1 unspecified atom stereocenters. The Hall–Kier alpha value is -0.940. The zero-order valence-electron chi connectivity index (χ0n) is 11.3. The standard InChI is InChI=1S/C13H22O5/c1-4-5-6-16-12(15)8-10-7-11(9-14)18-13(2,3)17-10/h9-11H,4-8H2,1-3H3/t10-,11?/m1/s1. The molecule has 0 bridgehead atoms. The summed E-state index contributed by atoms with van der Waals surface area (Å²) in [5, 5.41) is 0. The molecule has 0 spiro atoms. The Labute approximate surface area is 108 Å². The molecule has 5 heteroatoms. The molecule has 1 fully saturated rings. The molecule has 1 rings (SSSR count). The van der Waals surface area contributed by atoms with Crippen LogP contribution >= 0.6 is 0 Å². The first kappa shape index (κ1) is 15.1. The van der Waals surface area contributed by atoms with Crippen LogP contribution in [0.3, 0.4) is 0 Å². The first-order chi connectivity index (χ1) is 8.46. The van der Waals surface area contributed by atoms with Crippen LogP contribution in [0.5, 0.6) is 0 Å². The molecule has 0 aromatic rings. The van der Waals surface area contributed by atoms with Crippen molar-refractivity contribution in [2.45, 2.75) is 64.4 Å². The van der Waals surface area contributed by atoms with Crippen molar-refractivity contribution in [2.24, 2.45) is 0 Å². The molecule has 0 N–H and O–H groups in total. The summed E-state index contributed by atoms with van der Waals surface area (Å²) >= 11 is 0. The highest BCUT2D eigenvalue weighted by Crippen LogP contribution is 2.27. The highest BCUT2D eigenvalue weighted by Gasteiger charge is 2.36. The summed E-state index contributed by atoms with van der Waals surface area (Å²) in [7, 11) is 0. The lowest BCUT2D eigenvalue weighted by Gasteiger charge is -2.38. The van der Waals surface area contributed by atoms with Crippen LogP contribution in [-0.4, -0.2) is 36.9 Å².